The Labute approximate surface area is 122 Å². The maximum atomic E-state index is 12.2. The van der Waals surface area contributed by atoms with Gasteiger partial charge in [-0.25, -0.2) is 0 Å². The van der Waals surface area contributed by atoms with Gasteiger partial charge in [-0.1, -0.05) is 32.0 Å². The van der Waals surface area contributed by atoms with Crippen molar-refractivity contribution in [1.82, 2.24) is 4.98 Å². The molecule has 1 amide bonds. The third-order valence-corrected chi connectivity index (χ3v) is 4.23. The van der Waals surface area contributed by atoms with Crippen molar-refractivity contribution in [3.63, 3.8) is 0 Å². The minimum atomic E-state index is -0.920. The maximum Gasteiger partial charge on any atom is 0.307 e. The van der Waals surface area contributed by atoms with E-state index in [1.807, 2.05) is 30.3 Å². The molecule has 1 aliphatic carbocycles. The van der Waals surface area contributed by atoms with Crippen molar-refractivity contribution in [2.75, 3.05) is 5.32 Å². The second-order valence-corrected chi connectivity index (χ2v) is 6.02. The van der Waals surface area contributed by atoms with E-state index < -0.39 is 23.2 Å². The maximum absolute atomic E-state index is 12.2. The molecular weight excluding hydrogens is 268 g/mol. The lowest BCUT2D eigenvalue weighted by Gasteiger charge is -2.06. The van der Waals surface area contributed by atoms with E-state index in [0.29, 0.717) is 5.69 Å². The summed E-state index contributed by atoms with van der Waals surface area (Å²) in [7, 11) is 0. The van der Waals surface area contributed by atoms with Crippen molar-refractivity contribution in [3.05, 3.63) is 36.5 Å². The van der Waals surface area contributed by atoms with E-state index >= 15 is 0 Å². The zero-order chi connectivity index (χ0) is 15.2. The number of aliphatic carboxylic acids is 1. The highest BCUT2D eigenvalue weighted by molar-refractivity contribution is 6.00. The monoisotopic (exact) mass is 284 g/mol. The normalized spacial score (nSPS) is 22.8. The van der Waals surface area contributed by atoms with Gasteiger partial charge in [0.15, 0.2) is 0 Å². The average molecular weight is 284 g/mol. The van der Waals surface area contributed by atoms with Gasteiger partial charge >= 0.3 is 5.97 Å². The fraction of sp³-hybridized carbons (Fsp3) is 0.312. The zero-order valence-corrected chi connectivity index (χ0v) is 11.8. The van der Waals surface area contributed by atoms with Crippen LogP contribution < -0.4 is 5.32 Å². The number of nitrogens with one attached hydrogen (secondary N) is 1. The van der Waals surface area contributed by atoms with Gasteiger partial charge in [0, 0.05) is 5.39 Å². The molecule has 3 rings (SSSR count). The molecule has 0 radical (unpaired) electrons. The zero-order valence-electron chi connectivity index (χ0n) is 11.8. The molecule has 1 aromatic heterocycles. The fourth-order valence-electron chi connectivity index (χ4n) is 2.95. The van der Waals surface area contributed by atoms with Gasteiger partial charge in [0.1, 0.15) is 0 Å². The number of carboxylic acids is 1. The molecule has 5 nitrogen and oxygen atoms in total. The third kappa shape index (κ3) is 2.24. The largest absolute Gasteiger partial charge is 0.481 e. The fourth-order valence-corrected chi connectivity index (χ4v) is 2.95. The van der Waals surface area contributed by atoms with E-state index in [1.54, 1.807) is 20.0 Å². The van der Waals surface area contributed by atoms with Gasteiger partial charge in [-0.3, -0.25) is 14.6 Å². The molecule has 0 spiro atoms. The highest BCUT2D eigenvalue weighted by atomic mass is 16.4. The van der Waals surface area contributed by atoms with Gasteiger partial charge in [-0.15, -0.1) is 0 Å². The lowest BCUT2D eigenvalue weighted by molar-refractivity contribution is -0.140. The molecule has 0 unspecified atom stereocenters. The summed E-state index contributed by atoms with van der Waals surface area (Å²) in [6.07, 6.45) is 1.59. The van der Waals surface area contributed by atoms with Crippen LogP contribution in [0.1, 0.15) is 13.8 Å². The van der Waals surface area contributed by atoms with Gasteiger partial charge in [0.2, 0.25) is 5.91 Å². The Morgan fingerprint density at radius 2 is 1.95 bits per heavy atom. The molecule has 2 atom stereocenters. The molecular formula is C16H16N2O3. The molecule has 2 aromatic rings. The summed E-state index contributed by atoms with van der Waals surface area (Å²) in [4.78, 5) is 27.6. The van der Waals surface area contributed by atoms with Crippen molar-refractivity contribution in [3.8, 4) is 0 Å². The number of aromatic nitrogens is 1. The Morgan fingerprint density at radius 3 is 2.62 bits per heavy atom. The molecule has 1 aromatic carbocycles. The van der Waals surface area contributed by atoms with Crippen molar-refractivity contribution in [2.24, 2.45) is 17.3 Å². The Morgan fingerprint density at radius 1 is 1.24 bits per heavy atom. The highest BCUT2D eigenvalue weighted by Crippen LogP contribution is 2.58. The number of carbonyl (C=O) groups excluding carboxylic acids is 1. The number of hydrogen-bond donors (Lipinski definition) is 2. The molecule has 2 N–H and O–H groups in total. The number of carbonyl (C=O) groups is 2. The quantitative estimate of drug-likeness (QED) is 0.907. The van der Waals surface area contributed by atoms with Crippen molar-refractivity contribution >= 4 is 28.5 Å². The van der Waals surface area contributed by atoms with Crippen molar-refractivity contribution < 1.29 is 14.7 Å². The molecule has 108 valence electrons. The first-order valence-electron chi connectivity index (χ1n) is 6.80. The van der Waals surface area contributed by atoms with Crippen LogP contribution in [0.25, 0.3) is 10.9 Å². The van der Waals surface area contributed by atoms with Crippen molar-refractivity contribution in [1.29, 1.82) is 0 Å². The van der Waals surface area contributed by atoms with E-state index in [1.165, 1.54) is 0 Å². The number of carboxylic acid groups (broad SMARTS) is 1. The van der Waals surface area contributed by atoms with Crippen LogP contribution in [0, 0.1) is 17.3 Å². The molecule has 0 saturated heterocycles. The van der Waals surface area contributed by atoms with Gasteiger partial charge < -0.3 is 10.4 Å². The third-order valence-electron chi connectivity index (χ3n) is 4.23. The van der Waals surface area contributed by atoms with E-state index in [9.17, 15) is 9.59 Å². The molecule has 1 aliphatic rings. The first-order valence-corrected chi connectivity index (χ1v) is 6.80. The summed E-state index contributed by atoms with van der Waals surface area (Å²) in [5, 5.41) is 12.8. The summed E-state index contributed by atoms with van der Waals surface area (Å²) in [5.41, 5.74) is 0.941. The van der Waals surface area contributed by atoms with Crippen LogP contribution in [0.2, 0.25) is 0 Å². The van der Waals surface area contributed by atoms with Crippen LogP contribution in [-0.4, -0.2) is 22.0 Å². The van der Waals surface area contributed by atoms with Crippen LogP contribution >= 0.6 is 0 Å². The minimum Gasteiger partial charge on any atom is -0.481 e. The van der Waals surface area contributed by atoms with Gasteiger partial charge in [0.25, 0.3) is 0 Å². The SMILES string of the molecule is CC1(C)[C@H](C(=O)O)[C@H]1C(=O)Nc1cnc2ccccc2c1. The smallest absolute Gasteiger partial charge is 0.307 e. The molecule has 21 heavy (non-hydrogen) atoms. The molecule has 5 heteroatoms. The van der Waals surface area contributed by atoms with E-state index in [-0.39, 0.29) is 5.91 Å². The van der Waals surface area contributed by atoms with Crippen molar-refractivity contribution in [2.45, 2.75) is 13.8 Å². The summed E-state index contributed by atoms with van der Waals surface area (Å²) in [6, 6.07) is 9.45. The predicted molar refractivity (Wildman–Crippen MR) is 78.8 cm³/mol. The number of pyridine rings is 1. The highest BCUT2D eigenvalue weighted by Gasteiger charge is 2.65. The van der Waals surface area contributed by atoms with Crippen LogP contribution in [-0.2, 0) is 9.59 Å². The number of amides is 1. The Balaban J connectivity index is 1.80. The minimum absolute atomic E-state index is 0.260. The van der Waals surface area contributed by atoms with Crippen LogP contribution in [0.4, 0.5) is 5.69 Å². The molecule has 0 aliphatic heterocycles. The van der Waals surface area contributed by atoms with E-state index in [2.05, 4.69) is 10.3 Å². The lowest BCUT2D eigenvalue weighted by Crippen LogP contribution is -2.17. The number of fused-ring (bicyclic) bond motifs is 1. The predicted octanol–water partition coefficient (Wildman–Crippen LogP) is 2.53. The Bertz CT molecular complexity index is 739. The summed E-state index contributed by atoms with van der Waals surface area (Å²) in [5.74, 6) is -2.30. The topological polar surface area (TPSA) is 79.3 Å². The molecule has 1 saturated carbocycles. The number of rotatable bonds is 3. The Hall–Kier alpha value is -2.43. The summed E-state index contributed by atoms with van der Waals surface area (Å²) < 4.78 is 0. The lowest BCUT2D eigenvalue weighted by atomic mass is 10.1. The van der Waals surface area contributed by atoms with Crippen LogP contribution in [0.5, 0.6) is 0 Å². The summed E-state index contributed by atoms with van der Waals surface area (Å²) >= 11 is 0. The molecule has 1 heterocycles. The first kappa shape index (κ1) is 13.5. The average Bonchev–Trinajstić information content (AvgIpc) is 3.02. The first-order chi connectivity index (χ1) is 9.91. The second-order valence-electron chi connectivity index (χ2n) is 6.02. The van der Waals surface area contributed by atoms with Gasteiger partial charge in [-0.05, 0) is 17.5 Å². The Kier molecular flexibility index (Phi) is 2.93. The number of benzene rings is 1. The van der Waals surface area contributed by atoms with E-state index in [0.717, 1.165) is 10.9 Å². The number of para-hydroxylation sites is 1. The standard InChI is InChI=1S/C16H16N2O3/c1-16(2)12(13(16)15(20)21)14(19)18-10-7-9-5-3-4-6-11(9)17-8-10/h3-8,12-13H,1-2H3,(H,18,19)(H,20,21)/t12-,13-/m0/s1. The van der Waals surface area contributed by atoms with Gasteiger partial charge in [0.05, 0.1) is 29.2 Å². The second kappa shape index (κ2) is 4.55. The van der Waals surface area contributed by atoms with Gasteiger partial charge in [-0.2, -0.15) is 0 Å². The van der Waals surface area contributed by atoms with Crippen LogP contribution in [0.3, 0.4) is 0 Å². The summed E-state index contributed by atoms with van der Waals surface area (Å²) in [6.45, 7) is 3.60. The number of hydrogen-bond acceptors (Lipinski definition) is 3. The number of anilines is 1. The van der Waals surface area contributed by atoms with Crippen LogP contribution in [0.15, 0.2) is 36.5 Å². The number of nitrogens with zero attached hydrogens (tertiary/aromatic N) is 1. The molecule has 0 bridgehead atoms. The van der Waals surface area contributed by atoms with E-state index in [4.69, 9.17) is 5.11 Å². The molecule has 1 fully saturated rings.